The minimum Gasteiger partial charge on any atom is -0.383 e. The molecule has 1 saturated carbocycles. The largest absolute Gasteiger partial charge is 0.383 e. The summed E-state index contributed by atoms with van der Waals surface area (Å²) in [6.45, 7) is 5.21. The summed E-state index contributed by atoms with van der Waals surface area (Å²) in [4.78, 5) is 6.95. The van der Waals surface area contributed by atoms with E-state index in [0.717, 1.165) is 38.2 Å². The Morgan fingerprint density at radius 3 is 2.76 bits per heavy atom. The van der Waals surface area contributed by atoms with E-state index in [1.165, 1.54) is 11.1 Å². The van der Waals surface area contributed by atoms with Crippen molar-refractivity contribution in [2.75, 3.05) is 19.6 Å². The van der Waals surface area contributed by atoms with Crippen molar-refractivity contribution < 1.29 is 5.11 Å². The van der Waals surface area contributed by atoms with Crippen LogP contribution in [0.25, 0.3) is 6.08 Å². The molecule has 1 aliphatic heterocycles. The van der Waals surface area contributed by atoms with E-state index in [4.69, 9.17) is 0 Å². The first-order valence-corrected chi connectivity index (χ1v) is 9.23. The fourth-order valence-corrected chi connectivity index (χ4v) is 4.68. The highest BCUT2D eigenvalue weighted by molar-refractivity contribution is 5.52. The molecule has 3 nitrogen and oxygen atoms in total. The number of pyridine rings is 1. The third kappa shape index (κ3) is 3.26. The zero-order chi connectivity index (χ0) is 17.3. The minimum absolute atomic E-state index is 0.298. The number of nitrogens with zero attached hydrogens (tertiary/aromatic N) is 2. The van der Waals surface area contributed by atoms with Crippen molar-refractivity contribution in [1.82, 2.24) is 9.88 Å². The summed E-state index contributed by atoms with van der Waals surface area (Å²) in [5, 5.41) is 11.3. The summed E-state index contributed by atoms with van der Waals surface area (Å²) in [7, 11) is 0. The maximum atomic E-state index is 11.3. The van der Waals surface area contributed by atoms with Gasteiger partial charge in [-0.25, -0.2) is 0 Å². The molecule has 0 radical (unpaired) electrons. The number of hydrogen-bond acceptors (Lipinski definition) is 3. The molecule has 4 rings (SSSR count). The Morgan fingerprint density at radius 1 is 1.20 bits per heavy atom. The number of aromatic nitrogens is 1. The number of hydrogen-bond donors (Lipinski definition) is 1. The third-order valence-electron chi connectivity index (χ3n) is 5.82. The Balaban J connectivity index is 1.46. The van der Waals surface area contributed by atoms with Gasteiger partial charge in [-0.15, -0.1) is 0 Å². The van der Waals surface area contributed by atoms with Crippen molar-refractivity contribution in [2.24, 2.45) is 11.8 Å². The Kier molecular flexibility index (Phi) is 4.45. The Bertz CT molecular complexity index is 743. The van der Waals surface area contributed by atoms with Crippen molar-refractivity contribution in [2.45, 2.75) is 25.4 Å². The highest BCUT2D eigenvalue weighted by Gasteiger charge is 2.52. The van der Waals surface area contributed by atoms with Gasteiger partial charge in [0.25, 0.3) is 0 Å². The van der Waals surface area contributed by atoms with Crippen LogP contribution < -0.4 is 0 Å². The molecule has 1 aliphatic carbocycles. The maximum absolute atomic E-state index is 11.3. The maximum Gasteiger partial charge on any atom is 0.111 e. The van der Waals surface area contributed by atoms with Crippen LogP contribution in [-0.2, 0) is 5.60 Å². The molecule has 25 heavy (non-hydrogen) atoms. The molecular weight excluding hydrogens is 308 g/mol. The second kappa shape index (κ2) is 6.74. The molecule has 130 valence electrons. The van der Waals surface area contributed by atoms with Gasteiger partial charge in [-0.2, -0.15) is 0 Å². The van der Waals surface area contributed by atoms with Gasteiger partial charge in [-0.3, -0.25) is 9.88 Å². The number of aliphatic hydroxyl groups is 1. The van der Waals surface area contributed by atoms with Crippen molar-refractivity contribution in [3.05, 3.63) is 71.6 Å². The lowest BCUT2D eigenvalue weighted by Crippen LogP contribution is -2.35. The van der Waals surface area contributed by atoms with E-state index in [1.807, 2.05) is 24.3 Å². The minimum atomic E-state index is -0.752. The molecule has 1 aromatic carbocycles. The average molecular weight is 334 g/mol. The Morgan fingerprint density at radius 2 is 2.00 bits per heavy atom. The molecule has 3 atom stereocenters. The molecule has 2 fully saturated rings. The molecule has 0 amide bonds. The van der Waals surface area contributed by atoms with Gasteiger partial charge < -0.3 is 5.11 Å². The van der Waals surface area contributed by atoms with Crippen LogP contribution in [0.3, 0.4) is 0 Å². The standard InChI is InChI=1S/C22H26N2O/c1-17(13-18-7-3-2-4-8-18)14-24-15-19-10-11-22(25,20(19)16-24)21-9-5-6-12-23-21/h2-9,12-13,19-20,25H,10-11,14-16H2,1H3/b17-13+/t19-,20+,22-/m1/s1. The first-order chi connectivity index (χ1) is 12.1. The molecule has 0 spiro atoms. The van der Waals surface area contributed by atoms with Crippen molar-refractivity contribution >= 4 is 6.08 Å². The summed E-state index contributed by atoms with van der Waals surface area (Å²) in [5.41, 5.74) is 2.72. The van der Waals surface area contributed by atoms with Crippen LogP contribution in [0.1, 0.15) is 31.0 Å². The topological polar surface area (TPSA) is 36.4 Å². The van der Waals surface area contributed by atoms with Crippen LogP contribution in [-0.4, -0.2) is 34.6 Å². The fourth-order valence-electron chi connectivity index (χ4n) is 4.68. The summed E-state index contributed by atoms with van der Waals surface area (Å²) >= 11 is 0. The molecule has 2 aromatic rings. The van der Waals surface area contributed by atoms with Gasteiger partial charge >= 0.3 is 0 Å². The molecular formula is C22H26N2O. The van der Waals surface area contributed by atoms with E-state index in [1.54, 1.807) is 6.20 Å². The van der Waals surface area contributed by atoms with Crippen LogP contribution in [0.15, 0.2) is 60.3 Å². The second-order valence-corrected chi connectivity index (χ2v) is 7.64. The van der Waals surface area contributed by atoms with E-state index in [9.17, 15) is 5.11 Å². The average Bonchev–Trinajstić information content (AvgIpc) is 3.17. The van der Waals surface area contributed by atoms with E-state index in [-0.39, 0.29) is 0 Å². The smallest absolute Gasteiger partial charge is 0.111 e. The molecule has 2 heterocycles. The monoisotopic (exact) mass is 334 g/mol. The predicted octanol–water partition coefficient (Wildman–Crippen LogP) is 3.71. The van der Waals surface area contributed by atoms with Crippen LogP contribution in [0.2, 0.25) is 0 Å². The zero-order valence-corrected chi connectivity index (χ0v) is 14.8. The zero-order valence-electron chi connectivity index (χ0n) is 14.8. The van der Waals surface area contributed by atoms with Gasteiger partial charge in [0.1, 0.15) is 5.60 Å². The number of rotatable bonds is 4. The van der Waals surface area contributed by atoms with Crippen LogP contribution in [0, 0.1) is 11.8 Å². The fraction of sp³-hybridized carbons (Fsp3) is 0.409. The Labute approximate surface area is 150 Å². The van der Waals surface area contributed by atoms with E-state index < -0.39 is 5.60 Å². The highest BCUT2D eigenvalue weighted by Crippen LogP contribution is 2.49. The van der Waals surface area contributed by atoms with E-state index in [0.29, 0.717) is 11.8 Å². The summed E-state index contributed by atoms with van der Waals surface area (Å²) < 4.78 is 0. The number of benzene rings is 1. The van der Waals surface area contributed by atoms with Gasteiger partial charge in [-0.1, -0.05) is 48.0 Å². The number of fused-ring (bicyclic) bond motifs is 1. The van der Waals surface area contributed by atoms with Crippen LogP contribution >= 0.6 is 0 Å². The van der Waals surface area contributed by atoms with Gasteiger partial charge in [0.15, 0.2) is 0 Å². The van der Waals surface area contributed by atoms with Gasteiger partial charge in [0.05, 0.1) is 5.69 Å². The molecule has 1 saturated heterocycles. The molecule has 1 N–H and O–H groups in total. The lowest BCUT2D eigenvalue weighted by atomic mass is 9.85. The second-order valence-electron chi connectivity index (χ2n) is 7.64. The third-order valence-corrected chi connectivity index (χ3v) is 5.82. The first-order valence-electron chi connectivity index (χ1n) is 9.23. The lowest BCUT2D eigenvalue weighted by Gasteiger charge is -2.29. The molecule has 0 bridgehead atoms. The molecule has 2 aliphatic rings. The normalized spacial score (nSPS) is 29.8. The van der Waals surface area contributed by atoms with Crippen molar-refractivity contribution in [1.29, 1.82) is 0 Å². The van der Waals surface area contributed by atoms with Crippen molar-refractivity contribution in [3.63, 3.8) is 0 Å². The van der Waals surface area contributed by atoms with Crippen molar-refractivity contribution in [3.8, 4) is 0 Å². The lowest BCUT2D eigenvalue weighted by molar-refractivity contribution is -0.0102. The SMILES string of the molecule is C/C(=C\c1ccccc1)CN1C[C@H]2CC[C@](O)(c3ccccn3)[C@H]2C1. The van der Waals surface area contributed by atoms with Gasteiger partial charge in [-0.05, 0) is 43.4 Å². The summed E-state index contributed by atoms with van der Waals surface area (Å²) in [5.74, 6) is 0.878. The van der Waals surface area contributed by atoms with Crippen LogP contribution in [0.4, 0.5) is 0 Å². The summed E-state index contributed by atoms with van der Waals surface area (Å²) in [6.07, 6.45) is 5.99. The molecule has 1 aromatic heterocycles. The quantitative estimate of drug-likeness (QED) is 0.926. The highest BCUT2D eigenvalue weighted by atomic mass is 16.3. The molecule has 0 unspecified atom stereocenters. The Hall–Kier alpha value is -1.97. The first kappa shape index (κ1) is 16.5. The van der Waals surface area contributed by atoms with E-state index >= 15 is 0 Å². The number of likely N-dealkylation sites (tertiary alicyclic amines) is 1. The van der Waals surface area contributed by atoms with E-state index in [2.05, 4.69) is 47.1 Å². The predicted molar refractivity (Wildman–Crippen MR) is 101 cm³/mol. The van der Waals surface area contributed by atoms with Gasteiger partial charge in [0, 0.05) is 31.7 Å². The van der Waals surface area contributed by atoms with Crippen LogP contribution in [0.5, 0.6) is 0 Å². The van der Waals surface area contributed by atoms with Gasteiger partial charge in [0.2, 0.25) is 0 Å². The molecule has 3 heteroatoms. The summed E-state index contributed by atoms with van der Waals surface area (Å²) in [6, 6.07) is 16.4.